The maximum absolute atomic E-state index is 10.2. The molecule has 0 aromatic heterocycles. The summed E-state index contributed by atoms with van der Waals surface area (Å²) in [5.41, 5.74) is 8.50. The lowest BCUT2D eigenvalue weighted by molar-refractivity contribution is -0.107. The van der Waals surface area contributed by atoms with Crippen LogP contribution in [0.1, 0.15) is 12.0 Å². The van der Waals surface area contributed by atoms with Crippen molar-refractivity contribution in [3.8, 4) is 0 Å². The van der Waals surface area contributed by atoms with Crippen LogP contribution in [0.15, 0.2) is 18.2 Å². The Balaban J connectivity index is 2.87. The van der Waals surface area contributed by atoms with E-state index >= 15 is 0 Å². The molecule has 0 fully saturated rings. The summed E-state index contributed by atoms with van der Waals surface area (Å²) < 4.78 is 0. The van der Waals surface area contributed by atoms with E-state index in [1.54, 1.807) is 0 Å². The highest BCUT2D eigenvalue weighted by molar-refractivity contribution is 5.59. The SMILES string of the molecule is CNc1ccc(N)cc1CCC=O. The first-order chi connectivity index (χ1) is 6.27. The van der Waals surface area contributed by atoms with E-state index in [-0.39, 0.29) is 0 Å². The van der Waals surface area contributed by atoms with Gasteiger partial charge in [-0.15, -0.1) is 0 Å². The highest BCUT2D eigenvalue weighted by Gasteiger charge is 2.00. The molecule has 3 N–H and O–H groups in total. The number of aldehydes is 1. The second kappa shape index (κ2) is 4.50. The Morgan fingerprint density at radius 3 is 2.92 bits per heavy atom. The molecule has 1 aromatic carbocycles. The van der Waals surface area contributed by atoms with E-state index in [9.17, 15) is 4.79 Å². The molecule has 0 aliphatic rings. The molecule has 0 aliphatic heterocycles. The predicted molar refractivity (Wildman–Crippen MR) is 54.8 cm³/mol. The average Bonchev–Trinajstić information content (AvgIpc) is 2.15. The van der Waals surface area contributed by atoms with E-state index < -0.39 is 0 Å². The van der Waals surface area contributed by atoms with Crippen LogP contribution in [0.25, 0.3) is 0 Å². The highest BCUT2D eigenvalue weighted by atomic mass is 16.1. The van der Waals surface area contributed by atoms with Crippen molar-refractivity contribution >= 4 is 17.7 Å². The number of nitrogens with one attached hydrogen (secondary N) is 1. The molecule has 0 atom stereocenters. The first-order valence-corrected chi connectivity index (χ1v) is 4.27. The fourth-order valence-electron chi connectivity index (χ4n) is 1.28. The minimum atomic E-state index is 0.540. The molecule has 1 rings (SSSR count). The van der Waals surface area contributed by atoms with Gasteiger partial charge in [0.2, 0.25) is 0 Å². The van der Waals surface area contributed by atoms with Gasteiger partial charge < -0.3 is 15.8 Å². The molecular weight excluding hydrogens is 164 g/mol. The molecule has 13 heavy (non-hydrogen) atoms. The molecule has 0 saturated heterocycles. The van der Waals surface area contributed by atoms with Crippen LogP contribution >= 0.6 is 0 Å². The fourth-order valence-corrected chi connectivity index (χ4v) is 1.28. The Hall–Kier alpha value is -1.51. The third kappa shape index (κ3) is 2.47. The number of carbonyl (C=O) groups is 1. The topological polar surface area (TPSA) is 55.1 Å². The van der Waals surface area contributed by atoms with Crippen LogP contribution in [0, 0.1) is 0 Å². The van der Waals surface area contributed by atoms with Crippen LogP contribution in [-0.2, 0) is 11.2 Å². The van der Waals surface area contributed by atoms with Crippen LogP contribution in [0.3, 0.4) is 0 Å². The van der Waals surface area contributed by atoms with Gasteiger partial charge in [-0.3, -0.25) is 0 Å². The smallest absolute Gasteiger partial charge is 0.120 e. The summed E-state index contributed by atoms with van der Waals surface area (Å²) >= 11 is 0. The third-order valence-electron chi connectivity index (χ3n) is 1.93. The minimum absolute atomic E-state index is 0.540. The van der Waals surface area contributed by atoms with Crippen molar-refractivity contribution < 1.29 is 4.79 Å². The van der Waals surface area contributed by atoms with E-state index in [1.807, 2.05) is 25.2 Å². The summed E-state index contributed by atoms with van der Waals surface area (Å²) in [6.45, 7) is 0. The average molecular weight is 178 g/mol. The molecular formula is C10H14N2O. The Morgan fingerprint density at radius 1 is 1.54 bits per heavy atom. The number of hydrogen-bond acceptors (Lipinski definition) is 3. The Kier molecular flexibility index (Phi) is 3.31. The molecule has 0 amide bonds. The quantitative estimate of drug-likeness (QED) is 0.542. The molecule has 1 aromatic rings. The van der Waals surface area contributed by atoms with Crippen molar-refractivity contribution in [2.24, 2.45) is 0 Å². The van der Waals surface area contributed by atoms with Crippen molar-refractivity contribution in [3.63, 3.8) is 0 Å². The van der Waals surface area contributed by atoms with Gasteiger partial charge in [-0.05, 0) is 30.2 Å². The van der Waals surface area contributed by atoms with E-state index in [2.05, 4.69) is 5.32 Å². The molecule has 0 aliphatic carbocycles. The van der Waals surface area contributed by atoms with Crippen molar-refractivity contribution in [2.45, 2.75) is 12.8 Å². The molecule has 0 heterocycles. The summed E-state index contributed by atoms with van der Waals surface area (Å²) in [6.07, 6.45) is 2.20. The third-order valence-corrected chi connectivity index (χ3v) is 1.93. The van der Waals surface area contributed by atoms with Gasteiger partial charge in [0.05, 0.1) is 0 Å². The zero-order valence-corrected chi connectivity index (χ0v) is 7.71. The van der Waals surface area contributed by atoms with Gasteiger partial charge in [-0.25, -0.2) is 0 Å². The molecule has 0 radical (unpaired) electrons. The lowest BCUT2D eigenvalue weighted by atomic mass is 10.1. The number of aryl methyl sites for hydroxylation is 1. The van der Waals surface area contributed by atoms with Gasteiger partial charge in [-0.2, -0.15) is 0 Å². The van der Waals surface area contributed by atoms with E-state index in [0.29, 0.717) is 6.42 Å². The summed E-state index contributed by atoms with van der Waals surface area (Å²) in [7, 11) is 1.86. The number of nitrogens with two attached hydrogens (primary N) is 1. The Labute approximate surface area is 77.9 Å². The zero-order valence-electron chi connectivity index (χ0n) is 7.71. The summed E-state index contributed by atoms with van der Waals surface area (Å²) in [6, 6.07) is 5.67. The van der Waals surface area contributed by atoms with Gasteiger partial charge in [0, 0.05) is 24.8 Å². The molecule has 0 saturated carbocycles. The molecule has 3 nitrogen and oxygen atoms in total. The monoisotopic (exact) mass is 178 g/mol. The summed E-state index contributed by atoms with van der Waals surface area (Å²) in [4.78, 5) is 10.2. The van der Waals surface area contributed by atoms with Gasteiger partial charge >= 0.3 is 0 Å². The van der Waals surface area contributed by atoms with Crippen LogP contribution in [-0.4, -0.2) is 13.3 Å². The van der Waals surface area contributed by atoms with Gasteiger partial charge in [-0.1, -0.05) is 0 Å². The summed E-state index contributed by atoms with van der Waals surface area (Å²) in [5.74, 6) is 0. The second-order valence-electron chi connectivity index (χ2n) is 2.87. The highest BCUT2D eigenvalue weighted by Crippen LogP contribution is 2.19. The fraction of sp³-hybridized carbons (Fsp3) is 0.300. The van der Waals surface area contributed by atoms with E-state index in [1.165, 1.54) is 0 Å². The maximum Gasteiger partial charge on any atom is 0.120 e. The number of hydrogen-bond donors (Lipinski definition) is 2. The molecule has 0 unspecified atom stereocenters. The number of anilines is 2. The lowest BCUT2D eigenvalue weighted by Gasteiger charge is -2.08. The van der Waals surface area contributed by atoms with Crippen molar-refractivity contribution in [1.29, 1.82) is 0 Å². The van der Waals surface area contributed by atoms with Crippen molar-refractivity contribution in [2.75, 3.05) is 18.1 Å². The first kappa shape index (κ1) is 9.58. The second-order valence-corrected chi connectivity index (χ2v) is 2.87. The van der Waals surface area contributed by atoms with Gasteiger partial charge in [0.1, 0.15) is 6.29 Å². The largest absolute Gasteiger partial charge is 0.399 e. The molecule has 0 spiro atoms. The standard InChI is InChI=1S/C10H14N2O/c1-12-10-5-4-9(11)7-8(10)3-2-6-13/h4-7,12H,2-3,11H2,1H3. The first-order valence-electron chi connectivity index (χ1n) is 4.27. The Bertz CT molecular complexity index is 297. The minimum Gasteiger partial charge on any atom is -0.399 e. The predicted octanol–water partition coefficient (Wildman–Crippen LogP) is 1.44. The van der Waals surface area contributed by atoms with Crippen molar-refractivity contribution in [3.05, 3.63) is 23.8 Å². The van der Waals surface area contributed by atoms with Gasteiger partial charge in [0.15, 0.2) is 0 Å². The van der Waals surface area contributed by atoms with Crippen LogP contribution < -0.4 is 11.1 Å². The number of carbonyl (C=O) groups excluding carboxylic acids is 1. The molecule has 3 heteroatoms. The summed E-state index contributed by atoms with van der Waals surface area (Å²) in [5, 5.41) is 3.06. The zero-order chi connectivity index (χ0) is 9.68. The normalized spacial score (nSPS) is 9.62. The number of benzene rings is 1. The molecule has 0 bridgehead atoms. The van der Waals surface area contributed by atoms with Gasteiger partial charge in [0.25, 0.3) is 0 Å². The van der Waals surface area contributed by atoms with E-state index in [0.717, 1.165) is 29.6 Å². The lowest BCUT2D eigenvalue weighted by Crippen LogP contribution is -1.97. The Morgan fingerprint density at radius 2 is 2.31 bits per heavy atom. The number of rotatable bonds is 4. The van der Waals surface area contributed by atoms with Crippen molar-refractivity contribution in [1.82, 2.24) is 0 Å². The molecule has 70 valence electrons. The van der Waals surface area contributed by atoms with Crippen LogP contribution in [0.4, 0.5) is 11.4 Å². The van der Waals surface area contributed by atoms with Crippen LogP contribution in [0.2, 0.25) is 0 Å². The van der Waals surface area contributed by atoms with E-state index in [4.69, 9.17) is 5.73 Å². The van der Waals surface area contributed by atoms with Crippen LogP contribution in [0.5, 0.6) is 0 Å². The number of nitrogen functional groups attached to an aromatic ring is 1. The maximum atomic E-state index is 10.2.